The van der Waals surface area contributed by atoms with Crippen molar-refractivity contribution in [1.29, 1.82) is 0 Å². The number of benzene rings is 10. The van der Waals surface area contributed by atoms with Gasteiger partial charge < -0.3 is 13.9 Å². The molecule has 3 aliphatic rings. The largest absolute Gasteiger partial charge is 0.456 e. The second kappa shape index (κ2) is 13.1. The summed E-state index contributed by atoms with van der Waals surface area (Å²) in [4.78, 5) is 2.55. The number of anilines is 3. The number of hydrogen-bond donors (Lipinski definition) is 0. The van der Waals surface area contributed by atoms with Crippen molar-refractivity contribution in [2.45, 2.75) is 24.7 Å². The first-order valence-corrected chi connectivity index (χ1v) is 23.4. The summed E-state index contributed by atoms with van der Waals surface area (Å²) in [5.41, 5.74) is 23.3. The Kier molecular flexibility index (Phi) is 7.22. The van der Waals surface area contributed by atoms with Crippen LogP contribution in [0.5, 0.6) is 0 Å². The molecule has 0 amide bonds. The normalized spacial score (nSPS) is 14.4. The van der Waals surface area contributed by atoms with E-state index in [-0.39, 0.29) is 5.41 Å². The van der Waals surface area contributed by atoms with E-state index in [1.54, 1.807) is 0 Å². The molecule has 3 heterocycles. The highest BCUT2D eigenvalue weighted by Crippen LogP contribution is 2.67. The summed E-state index contributed by atoms with van der Waals surface area (Å²) in [7, 11) is 0. The molecular weight excluding hydrogens is 813 g/mol. The molecule has 12 aromatic rings. The highest BCUT2D eigenvalue weighted by molar-refractivity contribution is 6.22. The van der Waals surface area contributed by atoms with Gasteiger partial charge in [0.2, 0.25) is 0 Å². The Morgan fingerprint density at radius 2 is 0.985 bits per heavy atom. The molecule has 0 fully saturated rings. The Balaban J connectivity index is 1.17. The molecule has 0 radical (unpaired) electrons. The Labute approximate surface area is 388 Å². The molecule has 0 saturated carbocycles. The number of rotatable bonds is 4. The van der Waals surface area contributed by atoms with Gasteiger partial charge in [0, 0.05) is 43.8 Å². The number of furan rings is 1. The third kappa shape index (κ3) is 4.56. The van der Waals surface area contributed by atoms with Gasteiger partial charge in [-0.3, -0.25) is 0 Å². The summed E-state index contributed by atoms with van der Waals surface area (Å²) in [5.74, 6) is 0. The third-order valence-electron chi connectivity index (χ3n) is 15.6. The maximum atomic E-state index is 6.69. The van der Waals surface area contributed by atoms with Gasteiger partial charge >= 0.3 is 0 Å². The van der Waals surface area contributed by atoms with E-state index >= 15 is 0 Å². The van der Waals surface area contributed by atoms with Crippen molar-refractivity contribution in [2.75, 3.05) is 4.90 Å². The van der Waals surface area contributed by atoms with Crippen LogP contribution in [0.15, 0.2) is 223 Å². The van der Waals surface area contributed by atoms with Gasteiger partial charge in [-0.25, -0.2) is 0 Å². The lowest BCUT2D eigenvalue weighted by Gasteiger charge is -2.46. The van der Waals surface area contributed by atoms with E-state index in [1.165, 1.54) is 83.1 Å². The van der Waals surface area contributed by atoms with Crippen molar-refractivity contribution in [3.8, 4) is 39.1 Å². The van der Waals surface area contributed by atoms with Gasteiger partial charge in [0.05, 0.1) is 44.6 Å². The van der Waals surface area contributed by atoms with Crippen LogP contribution in [0.1, 0.15) is 47.2 Å². The third-order valence-corrected chi connectivity index (χ3v) is 15.6. The summed E-state index contributed by atoms with van der Waals surface area (Å²) in [6.45, 7) is 4.82. The second-order valence-corrected chi connectivity index (χ2v) is 19.1. The lowest BCUT2D eigenvalue weighted by Crippen LogP contribution is -2.40. The Morgan fingerprint density at radius 3 is 1.79 bits per heavy atom. The zero-order valence-corrected chi connectivity index (χ0v) is 37.1. The first kappa shape index (κ1) is 36.9. The number of aromatic nitrogens is 1. The molecular formula is C64H42N2O. The summed E-state index contributed by atoms with van der Waals surface area (Å²) < 4.78 is 9.27. The van der Waals surface area contributed by atoms with E-state index in [1.807, 2.05) is 0 Å². The van der Waals surface area contributed by atoms with E-state index < -0.39 is 5.41 Å². The van der Waals surface area contributed by atoms with E-state index in [0.717, 1.165) is 50.1 Å². The fourth-order valence-electron chi connectivity index (χ4n) is 13.0. The second-order valence-electron chi connectivity index (χ2n) is 19.1. The van der Waals surface area contributed by atoms with Crippen LogP contribution in [-0.2, 0) is 10.8 Å². The molecule has 314 valence electrons. The molecule has 2 aromatic heterocycles. The molecule has 3 nitrogen and oxygen atoms in total. The lowest BCUT2D eigenvalue weighted by atomic mass is 9.55. The average molecular weight is 855 g/mol. The molecule has 10 aromatic carbocycles. The predicted octanol–water partition coefficient (Wildman–Crippen LogP) is 16.8. The average Bonchev–Trinajstić information content (AvgIpc) is 4.00. The Morgan fingerprint density at radius 1 is 0.388 bits per heavy atom. The van der Waals surface area contributed by atoms with Crippen molar-refractivity contribution < 1.29 is 4.42 Å². The Hall–Kier alpha value is -8.40. The number of nitrogens with zero attached hydrogens (tertiary/aromatic N) is 2. The molecule has 0 N–H and O–H groups in total. The van der Waals surface area contributed by atoms with Crippen molar-refractivity contribution >= 4 is 60.8 Å². The standard InChI is InChI=1S/C64H42N2O/c1-63(2)45-25-10-12-27-47(45)64(48-28-13-11-26-46(48)63)49-37-38-55(59-43-23-8-16-31-53(43)66-52-30-15-7-22-41(52)42-35-36-50(64)61(60(49)59)62(42)66)65(51-29-14-6-21-40(51)39-19-4-3-5-20-39)54-32-18-34-57-58(54)44-24-9-17-33-56(44)67-57/h3-38H,1-2H3. The molecule has 1 aliphatic heterocycles. The smallest absolute Gasteiger partial charge is 0.137 e. The van der Waals surface area contributed by atoms with Gasteiger partial charge in [-0.2, -0.15) is 0 Å². The fraction of sp³-hybridized carbons (Fsp3) is 0.0625. The zero-order chi connectivity index (χ0) is 44.2. The molecule has 67 heavy (non-hydrogen) atoms. The first-order chi connectivity index (χ1) is 33.0. The molecule has 0 saturated heterocycles. The molecule has 2 aliphatic carbocycles. The van der Waals surface area contributed by atoms with Crippen molar-refractivity contribution in [1.82, 2.24) is 4.57 Å². The van der Waals surface area contributed by atoms with Crippen LogP contribution >= 0.6 is 0 Å². The highest BCUT2D eigenvalue weighted by Gasteiger charge is 2.55. The van der Waals surface area contributed by atoms with Gasteiger partial charge in [0.1, 0.15) is 11.2 Å². The monoisotopic (exact) mass is 854 g/mol. The van der Waals surface area contributed by atoms with Crippen LogP contribution in [0.4, 0.5) is 17.1 Å². The topological polar surface area (TPSA) is 21.3 Å². The molecule has 0 atom stereocenters. The van der Waals surface area contributed by atoms with Gasteiger partial charge in [0.15, 0.2) is 0 Å². The van der Waals surface area contributed by atoms with Gasteiger partial charge in [-0.05, 0) is 87.0 Å². The Bertz CT molecular complexity index is 4040. The minimum Gasteiger partial charge on any atom is -0.456 e. The predicted molar refractivity (Wildman–Crippen MR) is 277 cm³/mol. The van der Waals surface area contributed by atoms with Crippen LogP contribution in [-0.4, -0.2) is 4.57 Å². The van der Waals surface area contributed by atoms with Crippen molar-refractivity contribution in [2.24, 2.45) is 0 Å². The van der Waals surface area contributed by atoms with E-state index in [2.05, 4.69) is 242 Å². The number of para-hydroxylation sites is 4. The van der Waals surface area contributed by atoms with E-state index in [9.17, 15) is 0 Å². The van der Waals surface area contributed by atoms with Gasteiger partial charge in [-0.1, -0.05) is 190 Å². The fourth-order valence-corrected chi connectivity index (χ4v) is 13.0. The summed E-state index contributed by atoms with van der Waals surface area (Å²) >= 11 is 0. The lowest BCUT2D eigenvalue weighted by molar-refractivity contribution is 0.563. The van der Waals surface area contributed by atoms with Gasteiger partial charge in [-0.15, -0.1) is 0 Å². The number of hydrogen-bond acceptors (Lipinski definition) is 2. The van der Waals surface area contributed by atoms with Gasteiger partial charge in [0.25, 0.3) is 0 Å². The van der Waals surface area contributed by atoms with Crippen LogP contribution < -0.4 is 4.90 Å². The summed E-state index contributed by atoms with van der Waals surface area (Å²) in [6.07, 6.45) is 0. The maximum Gasteiger partial charge on any atom is 0.137 e. The maximum absolute atomic E-state index is 6.69. The minimum absolute atomic E-state index is 0.212. The molecule has 1 spiro atoms. The molecule has 15 rings (SSSR count). The van der Waals surface area contributed by atoms with Crippen LogP contribution in [0.25, 0.3) is 82.8 Å². The van der Waals surface area contributed by atoms with Crippen LogP contribution in [0.2, 0.25) is 0 Å². The summed E-state index contributed by atoms with van der Waals surface area (Å²) in [5, 5.41) is 4.71. The van der Waals surface area contributed by atoms with Crippen LogP contribution in [0.3, 0.4) is 0 Å². The van der Waals surface area contributed by atoms with Crippen molar-refractivity contribution in [3.63, 3.8) is 0 Å². The summed E-state index contributed by atoms with van der Waals surface area (Å²) in [6, 6.07) is 81.4. The molecule has 0 bridgehead atoms. The highest BCUT2D eigenvalue weighted by atomic mass is 16.3. The molecule has 0 unspecified atom stereocenters. The first-order valence-electron chi connectivity index (χ1n) is 23.4. The molecule has 3 heteroatoms. The SMILES string of the molecule is CC1(C)c2ccccc2C2(c3ccccc31)c1ccc(N(c3ccccc3-c3ccccc3)c3cccc4oc5ccccc5c34)c3c1-c1c2ccc2c4ccccc4n(c12)-c1ccccc1-3. The minimum atomic E-state index is -0.587. The zero-order valence-electron chi connectivity index (χ0n) is 37.1. The van der Waals surface area contributed by atoms with E-state index in [0.29, 0.717) is 0 Å². The van der Waals surface area contributed by atoms with E-state index in [4.69, 9.17) is 4.42 Å². The van der Waals surface area contributed by atoms with Crippen molar-refractivity contribution in [3.05, 3.63) is 252 Å². The van der Waals surface area contributed by atoms with Crippen LogP contribution in [0, 0.1) is 0 Å². The quantitative estimate of drug-likeness (QED) is 0.176. The number of fused-ring (bicyclic) bond motifs is 15.